The third-order valence-corrected chi connectivity index (χ3v) is 2.89. The molecule has 2 N–H and O–H groups in total. The number of benzene rings is 1. The van der Waals surface area contributed by atoms with E-state index in [0.29, 0.717) is 12.6 Å². The van der Waals surface area contributed by atoms with E-state index in [1.165, 1.54) is 12.8 Å². The van der Waals surface area contributed by atoms with Gasteiger partial charge in [0.15, 0.2) is 0 Å². The summed E-state index contributed by atoms with van der Waals surface area (Å²) >= 11 is 0. The van der Waals surface area contributed by atoms with Crippen LogP contribution in [0, 0.1) is 0 Å². The highest BCUT2D eigenvalue weighted by Crippen LogP contribution is 2.17. The van der Waals surface area contributed by atoms with Gasteiger partial charge < -0.3 is 15.2 Å². The number of hydrogen-bond donors (Lipinski definition) is 1. The van der Waals surface area contributed by atoms with E-state index in [-0.39, 0.29) is 0 Å². The maximum Gasteiger partial charge on any atom is 0.119 e. The Hall–Kier alpha value is -1.06. The minimum atomic E-state index is 0.406. The van der Waals surface area contributed by atoms with Crippen molar-refractivity contribution < 1.29 is 9.47 Å². The normalized spacial score (nSPS) is 19.9. The second-order valence-electron chi connectivity index (χ2n) is 4.12. The van der Waals surface area contributed by atoms with Crippen molar-refractivity contribution in [3.8, 4) is 5.75 Å². The molecular weight excluding hydrogens is 202 g/mol. The second kappa shape index (κ2) is 5.87. The molecule has 1 aliphatic rings. The summed E-state index contributed by atoms with van der Waals surface area (Å²) in [4.78, 5) is 0. The standard InChI is InChI=1S/C13H19NO2/c14-10-11-3-5-13(6-4-11)16-9-7-12-2-1-8-15-12/h3-6,12H,1-2,7-10,14H2. The van der Waals surface area contributed by atoms with Gasteiger partial charge in [0, 0.05) is 19.6 Å². The first-order valence-electron chi connectivity index (χ1n) is 5.92. The number of ether oxygens (including phenoxy) is 2. The van der Waals surface area contributed by atoms with E-state index >= 15 is 0 Å². The Morgan fingerprint density at radius 3 is 2.75 bits per heavy atom. The number of hydrogen-bond acceptors (Lipinski definition) is 3. The van der Waals surface area contributed by atoms with Crippen LogP contribution in [0.5, 0.6) is 5.75 Å². The maximum absolute atomic E-state index is 5.65. The van der Waals surface area contributed by atoms with Crippen molar-refractivity contribution in [3.63, 3.8) is 0 Å². The van der Waals surface area contributed by atoms with Gasteiger partial charge in [0.05, 0.1) is 12.7 Å². The highest BCUT2D eigenvalue weighted by molar-refractivity contribution is 5.26. The fourth-order valence-electron chi connectivity index (χ4n) is 1.90. The van der Waals surface area contributed by atoms with Crippen LogP contribution in [0.15, 0.2) is 24.3 Å². The summed E-state index contributed by atoms with van der Waals surface area (Å²) < 4.78 is 11.2. The lowest BCUT2D eigenvalue weighted by molar-refractivity contribution is 0.0903. The van der Waals surface area contributed by atoms with Gasteiger partial charge in [0.2, 0.25) is 0 Å². The van der Waals surface area contributed by atoms with Gasteiger partial charge in [-0.3, -0.25) is 0 Å². The van der Waals surface area contributed by atoms with Gasteiger partial charge in [0.25, 0.3) is 0 Å². The van der Waals surface area contributed by atoms with Crippen LogP contribution in [0.3, 0.4) is 0 Å². The smallest absolute Gasteiger partial charge is 0.119 e. The van der Waals surface area contributed by atoms with Crippen molar-refractivity contribution in [2.45, 2.75) is 31.9 Å². The first-order chi connectivity index (χ1) is 7.88. The lowest BCUT2D eigenvalue weighted by Crippen LogP contribution is -2.10. The van der Waals surface area contributed by atoms with Gasteiger partial charge in [-0.05, 0) is 30.5 Å². The molecule has 0 radical (unpaired) electrons. The van der Waals surface area contributed by atoms with Gasteiger partial charge in [-0.25, -0.2) is 0 Å². The molecule has 1 saturated heterocycles. The molecule has 16 heavy (non-hydrogen) atoms. The average Bonchev–Trinajstić information content (AvgIpc) is 2.83. The van der Waals surface area contributed by atoms with Crippen LogP contribution in [-0.4, -0.2) is 19.3 Å². The quantitative estimate of drug-likeness (QED) is 0.828. The van der Waals surface area contributed by atoms with E-state index < -0.39 is 0 Å². The van der Waals surface area contributed by atoms with Gasteiger partial charge >= 0.3 is 0 Å². The zero-order valence-electron chi connectivity index (χ0n) is 9.52. The molecule has 0 saturated carbocycles. The summed E-state index contributed by atoms with van der Waals surface area (Å²) in [6.07, 6.45) is 3.76. The SMILES string of the molecule is NCc1ccc(OCCC2CCCO2)cc1. The molecule has 1 heterocycles. The Kier molecular flexibility index (Phi) is 4.19. The van der Waals surface area contributed by atoms with Crippen molar-refractivity contribution in [3.05, 3.63) is 29.8 Å². The third-order valence-electron chi connectivity index (χ3n) is 2.89. The number of rotatable bonds is 5. The Bertz CT molecular complexity index is 304. The van der Waals surface area contributed by atoms with Gasteiger partial charge in [-0.2, -0.15) is 0 Å². The first-order valence-corrected chi connectivity index (χ1v) is 5.92. The van der Waals surface area contributed by atoms with Crippen molar-refractivity contribution in [2.24, 2.45) is 5.73 Å². The molecule has 1 fully saturated rings. The van der Waals surface area contributed by atoms with Crippen LogP contribution in [0.4, 0.5) is 0 Å². The lowest BCUT2D eigenvalue weighted by Gasteiger charge is -2.10. The first kappa shape index (κ1) is 11.4. The molecule has 2 rings (SSSR count). The summed E-state index contributed by atoms with van der Waals surface area (Å²) in [5.74, 6) is 0.912. The molecule has 3 heteroatoms. The van der Waals surface area contributed by atoms with E-state index in [9.17, 15) is 0 Å². The van der Waals surface area contributed by atoms with E-state index in [0.717, 1.165) is 30.9 Å². The minimum absolute atomic E-state index is 0.406. The molecule has 1 atom stereocenters. The molecule has 0 spiro atoms. The molecule has 0 bridgehead atoms. The van der Waals surface area contributed by atoms with Crippen LogP contribution in [0.25, 0.3) is 0 Å². The van der Waals surface area contributed by atoms with Gasteiger partial charge in [0.1, 0.15) is 5.75 Å². The second-order valence-corrected chi connectivity index (χ2v) is 4.12. The van der Waals surface area contributed by atoms with Crippen molar-refractivity contribution in [1.29, 1.82) is 0 Å². The highest BCUT2D eigenvalue weighted by Gasteiger charge is 2.14. The Morgan fingerprint density at radius 2 is 2.12 bits per heavy atom. The molecule has 88 valence electrons. The van der Waals surface area contributed by atoms with Crippen LogP contribution in [0.2, 0.25) is 0 Å². The molecule has 1 aromatic rings. The van der Waals surface area contributed by atoms with Crippen molar-refractivity contribution >= 4 is 0 Å². The Labute approximate surface area is 96.5 Å². The van der Waals surface area contributed by atoms with Crippen LogP contribution < -0.4 is 10.5 Å². The molecule has 0 aromatic heterocycles. The largest absolute Gasteiger partial charge is 0.493 e. The summed E-state index contributed by atoms with van der Waals surface area (Å²) in [5, 5.41) is 0. The maximum atomic E-state index is 5.65. The van der Waals surface area contributed by atoms with E-state index in [1.807, 2.05) is 24.3 Å². The summed E-state index contributed by atoms with van der Waals surface area (Å²) in [6, 6.07) is 7.94. The summed E-state index contributed by atoms with van der Waals surface area (Å²) in [5.41, 5.74) is 6.66. The van der Waals surface area contributed by atoms with Crippen LogP contribution in [-0.2, 0) is 11.3 Å². The molecule has 0 amide bonds. The fraction of sp³-hybridized carbons (Fsp3) is 0.538. The molecule has 0 aliphatic carbocycles. The van der Waals surface area contributed by atoms with Crippen molar-refractivity contribution in [1.82, 2.24) is 0 Å². The van der Waals surface area contributed by atoms with Crippen LogP contribution in [0.1, 0.15) is 24.8 Å². The van der Waals surface area contributed by atoms with Crippen LogP contribution >= 0.6 is 0 Å². The predicted octanol–water partition coefficient (Wildman–Crippen LogP) is 2.09. The highest BCUT2D eigenvalue weighted by atomic mass is 16.5. The molecular formula is C13H19NO2. The lowest BCUT2D eigenvalue weighted by atomic mass is 10.2. The van der Waals surface area contributed by atoms with Crippen molar-refractivity contribution in [2.75, 3.05) is 13.2 Å². The molecule has 1 aliphatic heterocycles. The topological polar surface area (TPSA) is 44.5 Å². The van der Waals surface area contributed by atoms with Gasteiger partial charge in [-0.15, -0.1) is 0 Å². The fourth-order valence-corrected chi connectivity index (χ4v) is 1.90. The van der Waals surface area contributed by atoms with Gasteiger partial charge in [-0.1, -0.05) is 12.1 Å². The summed E-state index contributed by atoms with van der Waals surface area (Å²) in [7, 11) is 0. The Morgan fingerprint density at radius 1 is 1.31 bits per heavy atom. The molecule has 1 unspecified atom stereocenters. The predicted molar refractivity (Wildman–Crippen MR) is 63.4 cm³/mol. The average molecular weight is 221 g/mol. The van der Waals surface area contributed by atoms with E-state index in [4.69, 9.17) is 15.2 Å². The molecule has 1 aromatic carbocycles. The minimum Gasteiger partial charge on any atom is -0.493 e. The summed E-state index contributed by atoms with van der Waals surface area (Å²) in [6.45, 7) is 2.22. The molecule has 3 nitrogen and oxygen atoms in total. The van der Waals surface area contributed by atoms with E-state index in [2.05, 4.69) is 0 Å². The zero-order valence-corrected chi connectivity index (χ0v) is 9.52. The third kappa shape index (κ3) is 3.22. The zero-order chi connectivity index (χ0) is 11.2. The number of nitrogens with two attached hydrogens (primary N) is 1. The monoisotopic (exact) mass is 221 g/mol. The Balaban J connectivity index is 1.71. The van der Waals surface area contributed by atoms with E-state index in [1.54, 1.807) is 0 Å².